The van der Waals surface area contributed by atoms with Crippen LogP contribution >= 0.6 is 11.8 Å². The van der Waals surface area contributed by atoms with Gasteiger partial charge in [0.2, 0.25) is 0 Å². The van der Waals surface area contributed by atoms with Crippen molar-refractivity contribution in [2.75, 3.05) is 13.4 Å². The second-order valence-electron chi connectivity index (χ2n) is 5.44. The smallest absolute Gasteiger partial charge is 0.348 e. The number of hydrogen-bond donors (Lipinski definition) is 0. The summed E-state index contributed by atoms with van der Waals surface area (Å²) >= 11 is 1.34. The second-order valence-corrected chi connectivity index (χ2v) is 6.29. The third-order valence-corrected chi connectivity index (χ3v) is 5.33. The zero-order valence-electron chi connectivity index (χ0n) is 12.7. The molecule has 0 heterocycles. The van der Waals surface area contributed by atoms with Crippen molar-refractivity contribution in [3.8, 4) is 12.1 Å². The highest BCUT2D eigenvalue weighted by molar-refractivity contribution is 8.02. The van der Waals surface area contributed by atoms with Gasteiger partial charge in [-0.05, 0) is 30.6 Å². The molecule has 1 fully saturated rings. The first kappa shape index (κ1) is 16.3. The minimum absolute atomic E-state index is 0.00138. The summed E-state index contributed by atoms with van der Waals surface area (Å²) in [6.45, 7) is 1.92. The minimum atomic E-state index is -0.713. The van der Waals surface area contributed by atoms with Gasteiger partial charge in [-0.3, -0.25) is 4.79 Å². The lowest BCUT2D eigenvalue weighted by atomic mass is 9.63. The summed E-state index contributed by atoms with van der Waals surface area (Å²) in [4.78, 5) is 25.3. The largest absolute Gasteiger partial charge is 0.465 e. The molecule has 2 rings (SSSR count). The monoisotopic (exact) mass is 316 g/mol. The summed E-state index contributed by atoms with van der Waals surface area (Å²) in [5.41, 5.74) is 0.641. The highest BCUT2D eigenvalue weighted by atomic mass is 32.2. The molecule has 0 N–H and O–H groups in total. The van der Waals surface area contributed by atoms with E-state index in [9.17, 15) is 20.1 Å². The van der Waals surface area contributed by atoms with Crippen LogP contribution in [-0.4, -0.2) is 25.1 Å². The van der Waals surface area contributed by atoms with Crippen LogP contribution in [0.15, 0.2) is 21.6 Å². The van der Waals surface area contributed by atoms with E-state index in [1.165, 1.54) is 18.9 Å². The van der Waals surface area contributed by atoms with Crippen LogP contribution in [-0.2, 0) is 14.3 Å². The van der Waals surface area contributed by atoms with Crippen molar-refractivity contribution in [1.82, 2.24) is 0 Å². The van der Waals surface area contributed by atoms with Crippen LogP contribution in [0.2, 0.25) is 0 Å². The van der Waals surface area contributed by atoms with Gasteiger partial charge in [-0.1, -0.05) is 6.92 Å². The van der Waals surface area contributed by atoms with Crippen LogP contribution in [0.3, 0.4) is 0 Å². The molecule has 0 aromatic carbocycles. The molecule has 1 saturated carbocycles. The van der Waals surface area contributed by atoms with Gasteiger partial charge in [0, 0.05) is 16.7 Å². The molecule has 2 aliphatic carbocycles. The highest BCUT2D eigenvalue weighted by Gasteiger charge is 2.47. The van der Waals surface area contributed by atoms with Gasteiger partial charge >= 0.3 is 5.97 Å². The number of methoxy groups -OCH3 is 1. The Bertz CT molecular complexity index is 678. The maximum absolute atomic E-state index is 12.7. The molecule has 5 nitrogen and oxygen atoms in total. The molecule has 0 amide bonds. The summed E-state index contributed by atoms with van der Waals surface area (Å²) in [5.74, 6) is -1.77. The Labute approximate surface area is 133 Å². The third kappa shape index (κ3) is 2.34. The molecule has 6 heteroatoms. The zero-order valence-corrected chi connectivity index (χ0v) is 13.5. The van der Waals surface area contributed by atoms with Gasteiger partial charge in [0.05, 0.1) is 7.11 Å². The number of hydrogen-bond acceptors (Lipinski definition) is 6. The van der Waals surface area contributed by atoms with Crippen molar-refractivity contribution in [3.05, 3.63) is 21.6 Å². The van der Waals surface area contributed by atoms with Crippen LogP contribution in [0.5, 0.6) is 0 Å². The van der Waals surface area contributed by atoms with Crippen LogP contribution < -0.4 is 0 Å². The Morgan fingerprint density at radius 1 is 1.36 bits per heavy atom. The van der Waals surface area contributed by atoms with E-state index in [1.54, 1.807) is 6.26 Å². The number of nitriles is 2. The molecular formula is C16H16N2O3S. The predicted molar refractivity (Wildman–Crippen MR) is 81.2 cm³/mol. The van der Waals surface area contributed by atoms with Gasteiger partial charge in [0.25, 0.3) is 0 Å². The van der Waals surface area contributed by atoms with E-state index >= 15 is 0 Å². The topological polar surface area (TPSA) is 90.9 Å². The van der Waals surface area contributed by atoms with Gasteiger partial charge in [0.1, 0.15) is 23.3 Å². The van der Waals surface area contributed by atoms with E-state index in [0.717, 1.165) is 12.8 Å². The number of nitrogens with zero attached hydrogens (tertiary/aromatic N) is 2. The molecule has 0 radical (unpaired) electrons. The maximum Gasteiger partial charge on any atom is 0.348 e. The lowest BCUT2D eigenvalue weighted by Gasteiger charge is -2.41. The Balaban J connectivity index is 2.77. The van der Waals surface area contributed by atoms with E-state index < -0.39 is 11.9 Å². The summed E-state index contributed by atoms with van der Waals surface area (Å²) in [6, 6.07) is 3.92. The number of carbonyl (C=O) groups is 2. The van der Waals surface area contributed by atoms with Crippen molar-refractivity contribution in [3.63, 3.8) is 0 Å². The lowest BCUT2D eigenvalue weighted by Crippen LogP contribution is -2.39. The fourth-order valence-electron chi connectivity index (χ4n) is 3.41. The molecule has 3 unspecified atom stereocenters. The Kier molecular flexibility index (Phi) is 4.73. The number of thioether (sulfide) groups is 1. The summed E-state index contributed by atoms with van der Waals surface area (Å²) in [6.07, 6.45) is 3.36. The van der Waals surface area contributed by atoms with Gasteiger partial charge < -0.3 is 4.74 Å². The maximum atomic E-state index is 12.7. The Hall–Kier alpha value is -2.05. The second kappa shape index (κ2) is 6.37. The van der Waals surface area contributed by atoms with E-state index in [-0.39, 0.29) is 28.8 Å². The Morgan fingerprint density at radius 2 is 2.05 bits per heavy atom. The van der Waals surface area contributed by atoms with Crippen molar-refractivity contribution in [2.24, 2.45) is 17.8 Å². The van der Waals surface area contributed by atoms with Crippen LogP contribution in [0.4, 0.5) is 0 Å². The molecule has 2 aliphatic rings. The first-order valence-electron chi connectivity index (χ1n) is 6.96. The zero-order chi connectivity index (χ0) is 16.4. The van der Waals surface area contributed by atoms with Crippen molar-refractivity contribution >= 4 is 23.5 Å². The number of ether oxygens (including phenoxy) is 1. The van der Waals surface area contributed by atoms with E-state index in [4.69, 9.17) is 4.74 Å². The average Bonchev–Trinajstić information content (AvgIpc) is 2.52. The normalized spacial score (nSPS) is 29.5. The molecule has 0 aliphatic heterocycles. The van der Waals surface area contributed by atoms with Crippen molar-refractivity contribution in [1.29, 1.82) is 10.5 Å². The predicted octanol–water partition coefficient (Wildman–Crippen LogP) is 2.37. The Morgan fingerprint density at radius 3 is 2.55 bits per heavy atom. The molecule has 0 aromatic heterocycles. The molecular weight excluding hydrogens is 300 g/mol. The van der Waals surface area contributed by atoms with Crippen molar-refractivity contribution in [2.45, 2.75) is 19.8 Å². The third-order valence-electron chi connectivity index (χ3n) is 4.40. The first-order valence-corrected chi connectivity index (χ1v) is 8.19. The van der Waals surface area contributed by atoms with Crippen LogP contribution in [0.1, 0.15) is 19.8 Å². The van der Waals surface area contributed by atoms with E-state index in [2.05, 4.69) is 0 Å². The fraction of sp³-hybridized carbons (Fsp3) is 0.500. The van der Waals surface area contributed by atoms with E-state index in [0.29, 0.717) is 10.5 Å². The summed E-state index contributed by atoms with van der Waals surface area (Å²) < 4.78 is 4.70. The number of rotatable bonds is 2. The highest BCUT2D eigenvalue weighted by Crippen LogP contribution is 2.51. The van der Waals surface area contributed by atoms with Gasteiger partial charge in [0.15, 0.2) is 5.78 Å². The van der Waals surface area contributed by atoms with Crippen LogP contribution in [0, 0.1) is 40.4 Å². The van der Waals surface area contributed by atoms with Crippen LogP contribution in [0.25, 0.3) is 0 Å². The SMILES string of the molecule is COC(=O)/C(C#N)=C1/C2CCC(C)C1C(=O)C(C#N)=C2SC. The number of fused-ring (bicyclic) bond motifs is 2. The molecule has 22 heavy (non-hydrogen) atoms. The molecule has 0 spiro atoms. The standard InChI is InChI=1S/C16H16N2O3S/c1-8-4-5-9-13(10(6-17)16(20)21-2)12(8)14(19)11(7-18)15(9)22-3/h8-9,12H,4-5H2,1-3H3/b13-10-. The number of carbonyl (C=O) groups excluding carboxylic acids is 2. The average molecular weight is 316 g/mol. The van der Waals surface area contributed by atoms with Gasteiger partial charge in [-0.15, -0.1) is 11.8 Å². The summed E-state index contributed by atoms with van der Waals surface area (Å²) in [5, 5.41) is 18.7. The molecule has 0 aromatic rings. The van der Waals surface area contributed by atoms with E-state index in [1.807, 2.05) is 19.1 Å². The fourth-order valence-corrected chi connectivity index (χ4v) is 4.29. The number of ketones is 1. The number of esters is 1. The molecule has 0 saturated heterocycles. The quantitative estimate of drug-likeness (QED) is 0.441. The molecule has 3 atom stereocenters. The summed E-state index contributed by atoms with van der Waals surface area (Å²) in [7, 11) is 1.22. The van der Waals surface area contributed by atoms with Crippen molar-refractivity contribution < 1.29 is 14.3 Å². The first-order chi connectivity index (χ1) is 10.5. The molecule has 2 bridgehead atoms. The lowest BCUT2D eigenvalue weighted by molar-refractivity contribution is -0.135. The number of allylic oxidation sites excluding steroid dienone is 3. The number of Topliss-reactive ketones (excluding diaryl/α,β-unsaturated/α-hetero) is 1. The van der Waals surface area contributed by atoms with Gasteiger partial charge in [-0.25, -0.2) is 4.79 Å². The van der Waals surface area contributed by atoms with Gasteiger partial charge in [-0.2, -0.15) is 10.5 Å². The molecule has 114 valence electrons. The minimum Gasteiger partial charge on any atom is -0.465 e.